The maximum Gasteiger partial charge on any atom is 0.123 e. The van der Waals surface area contributed by atoms with Crippen LogP contribution in [0.4, 0.5) is 0 Å². The molecule has 2 N–H and O–H groups in total. The molecule has 0 unspecified atom stereocenters. The molecular formula is C24H30O2. The fourth-order valence-corrected chi connectivity index (χ4v) is 3.48. The lowest BCUT2D eigenvalue weighted by molar-refractivity contribution is 0.427. The highest BCUT2D eigenvalue weighted by molar-refractivity contribution is 5.50. The molecule has 0 heterocycles. The van der Waals surface area contributed by atoms with Gasteiger partial charge in [-0.1, -0.05) is 48.1 Å². The van der Waals surface area contributed by atoms with Gasteiger partial charge in [0.25, 0.3) is 0 Å². The average molecular weight is 351 g/mol. The molecule has 1 aliphatic rings. The molecule has 0 spiro atoms. The predicted molar refractivity (Wildman–Crippen MR) is 110 cm³/mol. The van der Waals surface area contributed by atoms with Crippen LogP contribution < -0.4 is 0 Å². The minimum atomic E-state index is 0.131. The van der Waals surface area contributed by atoms with Gasteiger partial charge in [0.15, 0.2) is 0 Å². The van der Waals surface area contributed by atoms with Crippen molar-refractivity contribution in [1.29, 1.82) is 0 Å². The van der Waals surface area contributed by atoms with Gasteiger partial charge in [-0.05, 0) is 69.2 Å². The molecule has 1 atom stereocenters. The largest absolute Gasteiger partial charge is 0.507 e. The van der Waals surface area contributed by atoms with Crippen LogP contribution in [0.2, 0.25) is 0 Å². The van der Waals surface area contributed by atoms with Crippen molar-refractivity contribution in [2.75, 3.05) is 0 Å². The summed E-state index contributed by atoms with van der Waals surface area (Å²) in [6.07, 6.45) is 8.87. The van der Waals surface area contributed by atoms with E-state index in [4.69, 9.17) is 0 Å². The summed E-state index contributed by atoms with van der Waals surface area (Å²) in [6.45, 7) is 7.37. The van der Waals surface area contributed by atoms with Crippen LogP contribution in [0.5, 0.6) is 11.5 Å². The van der Waals surface area contributed by atoms with Crippen molar-refractivity contribution in [3.8, 4) is 11.5 Å². The Hall–Kier alpha value is -2.48. The SMILES string of the molecule is C=CC.CC1=C[C@H](c2c(O)cc(CCc3ccccc3)cc2O)CCC1. The highest BCUT2D eigenvalue weighted by Gasteiger charge is 2.21. The first-order valence-corrected chi connectivity index (χ1v) is 9.38. The minimum absolute atomic E-state index is 0.131. The van der Waals surface area contributed by atoms with Gasteiger partial charge < -0.3 is 10.2 Å². The van der Waals surface area contributed by atoms with Crippen LogP contribution >= 0.6 is 0 Å². The van der Waals surface area contributed by atoms with E-state index in [1.54, 1.807) is 6.08 Å². The van der Waals surface area contributed by atoms with E-state index in [1.165, 1.54) is 11.1 Å². The maximum atomic E-state index is 10.4. The Kier molecular flexibility index (Phi) is 7.53. The summed E-state index contributed by atoms with van der Waals surface area (Å²) in [6, 6.07) is 13.9. The molecule has 2 aromatic carbocycles. The number of aromatic hydroxyl groups is 2. The molecule has 138 valence electrons. The Labute approximate surface area is 157 Å². The van der Waals surface area contributed by atoms with Gasteiger partial charge in [-0.15, -0.1) is 6.58 Å². The average Bonchev–Trinajstić information content (AvgIpc) is 2.61. The number of hydrogen-bond acceptors (Lipinski definition) is 2. The molecule has 3 rings (SSSR count). The van der Waals surface area contributed by atoms with E-state index in [1.807, 2.05) is 37.3 Å². The van der Waals surface area contributed by atoms with Gasteiger partial charge in [0, 0.05) is 11.5 Å². The number of phenolic OH excluding ortho intramolecular Hbond substituents is 2. The van der Waals surface area contributed by atoms with E-state index >= 15 is 0 Å². The third-order valence-electron chi connectivity index (χ3n) is 4.68. The molecule has 26 heavy (non-hydrogen) atoms. The van der Waals surface area contributed by atoms with E-state index < -0.39 is 0 Å². The fraction of sp³-hybridized carbons (Fsp3) is 0.333. The van der Waals surface area contributed by atoms with Gasteiger partial charge in [0.05, 0.1) is 0 Å². The van der Waals surface area contributed by atoms with E-state index in [2.05, 4.69) is 31.7 Å². The summed E-state index contributed by atoms with van der Waals surface area (Å²) in [4.78, 5) is 0. The zero-order valence-corrected chi connectivity index (χ0v) is 15.9. The summed E-state index contributed by atoms with van der Waals surface area (Å²) in [5, 5.41) is 20.8. The van der Waals surface area contributed by atoms with Crippen molar-refractivity contribution in [3.63, 3.8) is 0 Å². The van der Waals surface area contributed by atoms with E-state index in [0.717, 1.165) is 37.7 Å². The third kappa shape index (κ3) is 5.52. The normalized spacial score (nSPS) is 16.2. The number of phenols is 2. The van der Waals surface area contributed by atoms with Gasteiger partial charge in [-0.3, -0.25) is 0 Å². The second-order valence-corrected chi connectivity index (χ2v) is 6.95. The Morgan fingerprint density at radius 1 is 1.04 bits per heavy atom. The van der Waals surface area contributed by atoms with Crippen LogP contribution in [0.25, 0.3) is 0 Å². The quantitative estimate of drug-likeness (QED) is 0.636. The molecule has 2 heteroatoms. The molecule has 0 saturated carbocycles. The van der Waals surface area contributed by atoms with Crippen LogP contribution in [0, 0.1) is 0 Å². The first-order valence-electron chi connectivity index (χ1n) is 9.38. The number of aryl methyl sites for hydroxylation is 2. The van der Waals surface area contributed by atoms with E-state index in [0.29, 0.717) is 5.56 Å². The van der Waals surface area contributed by atoms with E-state index in [9.17, 15) is 10.2 Å². The Morgan fingerprint density at radius 3 is 2.19 bits per heavy atom. The topological polar surface area (TPSA) is 40.5 Å². The van der Waals surface area contributed by atoms with Crippen molar-refractivity contribution in [3.05, 3.63) is 83.5 Å². The van der Waals surface area contributed by atoms with Crippen molar-refractivity contribution in [1.82, 2.24) is 0 Å². The van der Waals surface area contributed by atoms with Crippen molar-refractivity contribution < 1.29 is 10.2 Å². The summed E-state index contributed by atoms with van der Waals surface area (Å²) in [5.74, 6) is 0.583. The zero-order valence-electron chi connectivity index (χ0n) is 15.9. The number of allylic oxidation sites excluding steroid dienone is 3. The number of hydrogen-bond donors (Lipinski definition) is 2. The van der Waals surface area contributed by atoms with E-state index in [-0.39, 0.29) is 17.4 Å². The summed E-state index contributed by atoms with van der Waals surface area (Å²) in [7, 11) is 0. The summed E-state index contributed by atoms with van der Waals surface area (Å²) in [5.41, 5.74) is 4.27. The fourth-order valence-electron chi connectivity index (χ4n) is 3.48. The molecule has 0 amide bonds. The molecule has 0 saturated heterocycles. The molecule has 0 radical (unpaired) electrons. The third-order valence-corrected chi connectivity index (χ3v) is 4.68. The highest BCUT2D eigenvalue weighted by Crippen LogP contribution is 2.41. The summed E-state index contributed by atoms with van der Waals surface area (Å²) >= 11 is 0. The first-order chi connectivity index (χ1) is 12.5. The Bertz CT molecular complexity index is 721. The standard InChI is InChI=1S/C21H24O2.C3H6/c1-15-6-5-9-18(12-15)21-19(22)13-17(14-20(21)23)11-10-16-7-3-2-4-8-16;1-3-2/h2-4,7-8,12-14,18,22-23H,5-6,9-11H2,1H3;3H,1H2,2H3/t18-;/m1./s1. The summed E-state index contributed by atoms with van der Waals surface area (Å²) < 4.78 is 0. The smallest absolute Gasteiger partial charge is 0.123 e. The molecular weight excluding hydrogens is 320 g/mol. The van der Waals surface area contributed by atoms with Gasteiger partial charge in [0.2, 0.25) is 0 Å². The van der Waals surface area contributed by atoms with Crippen LogP contribution in [0.15, 0.2) is 66.8 Å². The van der Waals surface area contributed by atoms with Crippen molar-refractivity contribution >= 4 is 0 Å². The molecule has 1 aliphatic carbocycles. The monoisotopic (exact) mass is 350 g/mol. The molecule has 2 nitrogen and oxygen atoms in total. The Balaban J connectivity index is 0.000000758. The predicted octanol–water partition coefficient (Wildman–Crippen LogP) is 6.29. The highest BCUT2D eigenvalue weighted by atomic mass is 16.3. The molecule has 0 aromatic heterocycles. The van der Waals surface area contributed by atoms with Gasteiger partial charge in [0.1, 0.15) is 11.5 Å². The number of rotatable bonds is 4. The van der Waals surface area contributed by atoms with Crippen LogP contribution in [0.1, 0.15) is 55.7 Å². The van der Waals surface area contributed by atoms with Crippen LogP contribution in [-0.2, 0) is 12.8 Å². The lowest BCUT2D eigenvalue weighted by atomic mass is 9.84. The zero-order chi connectivity index (χ0) is 18.9. The molecule has 2 aromatic rings. The van der Waals surface area contributed by atoms with Gasteiger partial charge in [-0.25, -0.2) is 0 Å². The molecule has 0 bridgehead atoms. The number of benzene rings is 2. The van der Waals surface area contributed by atoms with Gasteiger partial charge >= 0.3 is 0 Å². The molecule has 0 fully saturated rings. The second kappa shape index (κ2) is 9.86. The minimum Gasteiger partial charge on any atom is -0.507 e. The van der Waals surface area contributed by atoms with Crippen LogP contribution in [-0.4, -0.2) is 10.2 Å². The lowest BCUT2D eigenvalue weighted by Crippen LogP contribution is -2.03. The Morgan fingerprint density at radius 2 is 1.62 bits per heavy atom. The van der Waals surface area contributed by atoms with Crippen molar-refractivity contribution in [2.24, 2.45) is 0 Å². The second-order valence-electron chi connectivity index (χ2n) is 6.95. The lowest BCUT2D eigenvalue weighted by Gasteiger charge is -2.22. The maximum absolute atomic E-state index is 10.4. The van der Waals surface area contributed by atoms with Crippen LogP contribution in [0.3, 0.4) is 0 Å². The van der Waals surface area contributed by atoms with Crippen molar-refractivity contribution in [2.45, 2.75) is 51.9 Å². The van der Waals surface area contributed by atoms with Gasteiger partial charge in [-0.2, -0.15) is 0 Å². The first kappa shape index (κ1) is 19.8. The molecule has 0 aliphatic heterocycles.